The van der Waals surface area contributed by atoms with Gasteiger partial charge in [-0.05, 0) is 25.0 Å². The summed E-state index contributed by atoms with van der Waals surface area (Å²) in [5.74, 6) is 1.25. The molecule has 0 aromatic heterocycles. The van der Waals surface area contributed by atoms with Gasteiger partial charge in [0.1, 0.15) is 0 Å². The molecule has 0 aromatic carbocycles. The topological polar surface area (TPSA) is 53.7 Å². The van der Waals surface area contributed by atoms with Crippen molar-refractivity contribution in [1.29, 1.82) is 0 Å². The molecule has 1 heterocycles. The standard InChI is InChI=1S/C12H25NO3S/c1-14-6-7-16-9-8-15-5-4-12(11-13)3-2-10-17-12/h2-11,13H2,1H3. The van der Waals surface area contributed by atoms with Gasteiger partial charge in [0, 0.05) is 25.0 Å². The van der Waals surface area contributed by atoms with Crippen molar-refractivity contribution in [1.82, 2.24) is 0 Å². The normalized spacial score (nSPS) is 24.4. The molecule has 0 saturated carbocycles. The molecule has 17 heavy (non-hydrogen) atoms. The first-order valence-corrected chi connectivity index (χ1v) is 7.30. The molecule has 1 rings (SSSR count). The Morgan fingerprint density at radius 1 is 1.12 bits per heavy atom. The Morgan fingerprint density at radius 3 is 2.41 bits per heavy atom. The second kappa shape index (κ2) is 9.16. The molecule has 0 aromatic rings. The van der Waals surface area contributed by atoms with E-state index in [9.17, 15) is 0 Å². The van der Waals surface area contributed by atoms with E-state index in [4.69, 9.17) is 19.9 Å². The van der Waals surface area contributed by atoms with Crippen molar-refractivity contribution in [2.75, 3.05) is 52.4 Å². The molecule has 1 unspecified atom stereocenters. The molecule has 4 nitrogen and oxygen atoms in total. The zero-order chi connectivity index (χ0) is 12.4. The predicted octanol–water partition coefficient (Wildman–Crippen LogP) is 1.28. The van der Waals surface area contributed by atoms with E-state index in [1.807, 2.05) is 11.8 Å². The van der Waals surface area contributed by atoms with Crippen molar-refractivity contribution >= 4 is 11.8 Å². The molecule has 0 amide bonds. The monoisotopic (exact) mass is 263 g/mol. The lowest BCUT2D eigenvalue weighted by atomic mass is 10.00. The third-order valence-corrected chi connectivity index (χ3v) is 4.74. The van der Waals surface area contributed by atoms with Gasteiger partial charge < -0.3 is 19.9 Å². The van der Waals surface area contributed by atoms with Crippen LogP contribution in [0.15, 0.2) is 0 Å². The molecule has 2 N–H and O–H groups in total. The second-order valence-corrected chi connectivity index (χ2v) is 5.87. The molecule has 1 saturated heterocycles. The van der Waals surface area contributed by atoms with Gasteiger partial charge in [-0.25, -0.2) is 0 Å². The number of rotatable bonds is 10. The van der Waals surface area contributed by atoms with Crippen LogP contribution in [0.3, 0.4) is 0 Å². The van der Waals surface area contributed by atoms with E-state index in [0.717, 1.165) is 19.6 Å². The molecule has 102 valence electrons. The average molecular weight is 263 g/mol. The van der Waals surface area contributed by atoms with Crippen LogP contribution in [-0.4, -0.2) is 57.2 Å². The Morgan fingerprint density at radius 2 is 1.82 bits per heavy atom. The summed E-state index contributed by atoms with van der Waals surface area (Å²) in [6, 6.07) is 0. The van der Waals surface area contributed by atoms with Crippen molar-refractivity contribution in [2.45, 2.75) is 24.0 Å². The number of nitrogens with two attached hydrogens (primary N) is 1. The first-order valence-electron chi connectivity index (χ1n) is 6.31. The highest BCUT2D eigenvalue weighted by Gasteiger charge is 2.32. The average Bonchev–Trinajstić information content (AvgIpc) is 2.82. The summed E-state index contributed by atoms with van der Waals surface area (Å²) in [6.07, 6.45) is 3.59. The quantitative estimate of drug-likeness (QED) is 0.602. The maximum atomic E-state index is 5.85. The molecule has 0 bridgehead atoms. The lowest BCUT2D eigenvalue weighted by Gasteiger charge is -2.25. The Kier molecular flexibility index (Phi) is 8.22. The molecule has 1 atom stereocenters. The summed E-state index contributed by atoms with van der Waals surface area (Å²) in [7, 11) is 1.67. The minimum atomic E-state index is 0.289. The molecule has 5 heteroatoms. The second-order valence-electron chi connectivity index (χ2n) is 4.31. The van der Waals surface area contributed by atoms with Gasteiger partial charge in [-0.1, -0.05) is 0 Å². The minimum absolute atomic E-state index is 0.289. The van der Waals surface area contributed by atoms with Crippen molar-refractivity contribution in [2.24, 2.45) is 5.73 Å². The summed E-state index contributed by atoms with van der Waals surface area (Å²) in [6.45, 7) is 4.15. The number of hydrogen-bond acceptors (Lipinski definition) is 5. The van der Waals surface area contributed by atoms with Crippen molar-refractivity contribution in [3.05, 3.63) is 0 Å². The van der Waals surface area contributed by atoms with Crippen LogP contribution < -0.4 is 5.73 Å². The van der Waals surface area contributed by atoms with Gasteiger partial charge in [0.05, 0.1) is 26.4 Å². The first kappa shape index (κ1) is 15.2. The van der Waals surface area contributed by atoms with Crippen LogP contribution in [0, 0.1) is 0 Å². The summed E-state index contributed by atoms with van der Waals surface area (Å²) < 4.78 is 16.1. The highest BCUT2D eigenvalue weighted by atomic mass is 32.2. The van der Waals surface area contributed by atoms with Crippen LogP contribution >= 0.6 is 11.8 Å². The minimum Gasteiger partial charge on any atom is -0.382 e. The van der Waals surface area contributed by atoms with E-state index in [-0.39, 0.29) is 4.75 Å². The van der Waals surface area contributed by atoms with Crippen LogP contribution in [0.4, 0.5) is 0 Å². The maximum absolute atomic E-state index is 5.85. The third kappa shape index (κ3) is 6.06. The molecule has 0 aliphatic carbocycles. The molecule has 0 spiro atoms. The van der Waals surface area contributed by atoms with Crippen LogP contribution in [0.25, 0.3) is 0 Å². The van der Waals surface area contributed by atoms with E-state index in [2.05, 4.69) is 0 Å². The molecule has 0 radical (unpaired) electrons. The fourth-order valence-corrected chi connectivity index (χ4v) is 3.29. The summed E-state index contributed by atoms with van der Waals surface area (Å²) in [4.78, 5) is 0. The van der Waals surface area contributed by atoms with Gasteiger partial charge in [-0.15, -0.1) is 0 Å². The van der Waals surface area contributed by atoms with Gasteiger partial charge in [0.2, 0.25) is 0 Å². The van der Waals surface area contributed by atoms with Crippen molar-refractivity contribution in [3.8, 4) is 0 Å². The van der Waals surface area contributed by atoms with Crippen molar-refractivity contribution < 1.29 is 14.2 Å². The Hall–Kier alpha value is 0.190. The van der Waals surface area contributed by atoms with Crippen LogP contribution in [-0.2, 0) is 14.2 Å². The maximum Gasteiger partial charge on any atom is 0.0701 e. The van der Waals surface area contributed by atoms with Gasteiger partial charge in [-0.2, -0.15) is 11.8 Å². The van der Waals surface area contributed by atoms with Crippen LogP contribution in [0.5, 0.6) is 0 Å². The lowest BCUT2D eigenvalue weighted by molar-refractivity contribution is 0.0228. The molecular weight excluding hydrogens is 238 g/mol. The number of methoxy groups -OCH3 is 1. The van der Waals surface area contributed by atoms with E-state index >= 15 is 0 Å². The Balaban J connectivity index is 1.92. The number of ether oxygens (including phenoxy) is 3. The molecule has 1 fully saturated rings. The van der Waals surface area contributed by atoms with E-state index in [1.54, 1.807) is 7.11 Å². The van der Waals surface area contributed by atoms with Crippen molar-refractivity contribution in [3.63, 3.8) is 0 Å². The summed E-state index contributed by atoms with van der Waals surface area (Å²) in [5, 5.41) is 0. The third-order valence-electron chi connectivity index (χ3n) is 3.06. The van der Waals surface area contributed by atoms with Gasteiger partial charge in [0.25, 0.3) is 0 Å². The fourth-order valence-electron chi connectivity index (χ4n) is 1.94. The zero-order valence-electron chi connectivity index (χ0n) is 10.8. The lowest BCUT2D eigenvalue weighted by Crippen LogP contribution is -2.33. The largest absolute Gasteiger partial charge is 0.382 e. The summed E-state index contributed by atoms with van der Waals surface area (Å²) >= 11 is 2.01. The SMILES string of the molecule is COCCOCCOCCC1(CN)CCCS1. The zero-order valence-corrected chi connectivity index (χ0v) is 11.6. The number of hydrogen-bond donors (Lipinski definition) is 1. The fraction of sp³-hybridized carbons (Fsp3) is 1.00. The van der Waals surface area contributed by atoms with Crippen LogP contribution in [0.1, 0.15) is 19.3 Å². The van der Waals surface area contributed by atoms with Crippen LogP contribution in [0.2, 0.25) is 0 Å². The smallest absolute Gasteiger partial charge is 0.0701 e. The highest BCUT2D eigenvalue weighted by Crippen LogP contribution is 2.39. The molecule has 1 aliphatic rings. The van der Waals surface area contributed by atoms with Gasteiger partial charge in [-0.3, -0.25) is 0 Å². The Labute approximate surface area is 109 Å². The molecule has 1 aliphatic heterocycles. The van der Waals surface area contributed by atoms with Gasteiger partial charge >= 0.3 is 0 Å². The van der Waals surface area contributed by atoms with Gasteiger partial charge in [0.15, 0.2) is 0 Å². The highest BCUT2D eigenvalue weighted by molar-refractivity contribution is 8.00. The molecular formula is C12H25NO3S. The Bertz CT molecular complexity index is 187. The predicted molar refractivity (Wildman–Crippen MR) is 71.6 cm³/mol. The summed E-state index contributed by atoms with van der Waals surface area (Å²) in [5.41, 5.74) is 5.85. The van der Waals surface area contributed by atoms with E-state index in [1.165, 1.54) is 18.6 Å². The van der Waals surface area contributed by atoms with E-state index in [0.29, 0.717) is 26.4 Å². The first-order chi connectivity index (χ1) is 8.33. The van der Waals surface area contributed by atoms with E-state index < -0.39 is 0 Å². The number of thioether (sulfide) groups is 1.